The van der Waals surface area contributed by atoms with Crippen LogP contribution < -0.4 is 10.6 Å². The first kappa shape index (κ1) is 17.7. The van der Waals surface area contributed by atoms with Gasteiger partial charge in [0.15, 0.2) is 0 Å². The van der Waals surface area contributed by atoms with Crippen LogP contribution in [0.3, 0.4) is 0 Å². The number of aromatic carboxylic acids is 1. The predicted molar refractivity (Wildman–Crippen MR) is 82.3 cm³/mol. The van der Waals surface area contributed by atoms with Crippen LogP contribution in [0.1, 0.15) is 43.6 Å². The highest BCUT2D eigenvalue weighted by Gasteiger charge is 2.24. The van der Waals surface area contributed by atoms with Gasteiger partial charge in [0.25, 0.3) is 0 Å². The second-order valence-corrected chi connectivity index (χ2v) is 6.17. The summed E-state index contributed by atoms with van der Waals surface area (Å²) in [5, 5.41) is 14.2. The third-order valence-corrected chi connectivity index (χ3v) is 3.09. The van der Waals surface area contributed by atoms with E-state index in [1.165, 1.54) is 12.1 Å². The molecule has 22 heavy (non-hydrogen) atoms. The second kappa shape index (κ2) is 7.06. The van der Waals surface area contributed by atoms with E-state index in [0.29, 0.717) is 0 Å². The molecule has 0 fully saturated rings. The Morgan fingerprint density at radius 2 is 1.68 bits per heavy atom. The lowest BCUT2D eigenvalue weighted by Crippen LogP contribution is -2.48. The van der Waals surface area contributed by atoms with Crippen molar-refractivity contribution in [1.29, 1.82) is 0 Å². The molecule has 1 aromatic carbocycles. The monoisotopic (exact) mass is 306 g/mol. The van der Waals surface area contributed by atoms with Crippen LogP contribution in [0.25, 0.3) is 0 Å². The number of rotatable bonds is 5. The van der Waals surface area contributed by atoms with Gasteiger partial charge < -0.3 is 15.7 Å². The molecule has 2 amide bonds. The standard InChI is InChI=1S/C16H22N2O4/c1-10(18-15(22)16(2,3)4)13(19)17-9-11-5-7-12(8-6-11)14(20)21/h5-8,10H,9H2,1-4H3,(H,17,19)(H,18,22)(H,20,21). The lowest BCUT2D eigenvalue weighted by Gasteiger charge is -2.21. The molecule has 120 valence electrons. The molecule has 0 aliphatic rings. The van der Waals surface area contributed by atoms with E-state index in [9.17, 15) is 14.4 Å². The highest BCUT2D eigenvalue weighted by molar-refractivity contribution is 5.89. The van der Waals surface area contributed by atoms with Crippen LogP contribution in [0.2, 0.25) is 0 Å². The van der Waals surface area contributed by atoms with Crippen molar-refractivity contribution >= 4 is 17.8 Å². The third-order valence-electron chi connectivity index (χ3n) is 3.09. The summed E-state index contributed by atoms with van der Waals surface area (Å²) in [6.07, 6.45) is 0. The fraction of sp³-hybridized carbons (Fsp3) is 0.438. The number of carbonyl (C=O) groups is 3. The summed E-state index contributed by atoms with van der Waals surface area (Å²) in [4.78, 5) is 34.5. The van der Waals surface area contributed by atoms with E-state index in [-0.39, 0.29) is 23.9 Å². The first-order chi connectivity index (χ1) is 10.1. The van der Waals surface area contributed by atoms with E-state index in [4.69, 9.17) is 5.11 Å². The second-order valence-electron chi connectivity index (χ2n) is 6.17. The number of carboxylic acids is 1. The van der Waals surface area contributed by atoms with Crippen molar-refractivity contribution in [2.75, 3.05) is 0 Å². The molecular weight excluding hydrogens is 284 g/mol. The molecule has 6 nitrogen and oxygen atoms in total. The van der Waals surface area contributed by atoms with Crippen molar-refractivity contribution in [3.05, 3.63) is 35.4 Å². The zero-order chi connectivity index (χ0) is 16.9. The van der Waals surface area contributed by atoms with Crippen molar-refractivity contribution < 1.29 is 19.5 Å². The maximum atomic E-state index is 11.9. The quantitative estimate of drug-likeness (QED) is 0.769. The minimum Gasteiger partial charge on any atom is -0.478 e. The van der Waals surface area contributed by atoms with Gasteiger partial charge in [0.2, 0.25) is 11.8 Å². The van der Waals surface area contributed by atoms with Crippen molar-refractivity contribution in [3.63, 3.8) is 0 Å². The molecule has 0 bridgehead atoms. The topological polar surface area (TPSA) is 95.5 Å². The minimum atomic E-state index is -0.992. The van der Waals surface area contributed by atoms with E-state index in [1.807, 2.05) is 0 Å². The summed E-state index contributed by atoms with van der Waals surface area (Å²) < 4.78 is 0. The van der Waals surface area contributed by atoms with Crippen LogP contribution in [-0.4, -0.2) is 28.9 Å². The van der Waals surface area contributed by atoms with Gasteiger partial charge >= 0.3 is 5.97 Å². The summed E-state index contributed by atoms with van der Waals surface area (Å²) in [5.41, 5.74) is 0.426. The summed E-state index contributed by atoms with van der Waals surface area (Å²) in [7, 11) is 0. The van der Waals surface area contributed by atoms with Crippen molar-refractivity contribution in [2.45, 2.75) is 40.3 Å². The Bertz CT molecular complexity index is 559. The first-order valence-corrected chi connectivity index (χ1v) is 7.02. The zero-order valence-electron chi connectivity index (χ0n) is 13.3. The summed E-state index contributed by atoms with van der Waals surface area (Å²) in [6.45, 7) is 7.21. The first-order valence-electron chi connectivity index (χ1n) is 7.02. The number of amides is 2. The zero-order valence-corrected chi connectivity index (χ0v) is 13.3. The Balaban J connectivity index is 2.51. The van der Waals surface area contributed by atoms with Gasteiger partial charge in [-0.25, -0.2) is 4.79 Å². The molecule has 0 saturated heterocycles. The molecule has 0 saturated carbocycles. The smallest absolute Gasteiger partial charge is 0.335 e. The SMILES string of the molecule is CC(NC(=O)C(C)(C)C)C(=O)NCc1ccc(C(=O)O)cc1. The molecule has 0 aliphatic carbocycles. The number of carboxylic acid groups (broad SMARTS) is 1. The van der Waals surface area contributed by atoms with Crippen LogP contribution in [0, 0.1) is 5.41 Å². The average Bonchev–Trinajstić information content (AvgIpc) is 2.43. The van der Waals surface area contributed by atoms with E-state index in [2.05, 4.69) is 10.6 Å². The molecule has 0 heterocycles. The molecular formula is C16H22N2O4. The largest absolute Gasteiger partial charge is 0.478 e. The molecule has 1 rings (SSSR count). The third kappa shape index (κ3) is 5.20. The number of hydrogen-bond donors (Lipinski definition) is 3. The maximum Gasteiger partial charge on any atom is 0.335 e. The number of benzene rings is 1. The van der Waals surface area contributed by atoms with Crippen molar-refractivity contribution in [3.8, 4) is 0 Å². The highest BCUT2D eigenvalue weighted by atomic mass is 16.4. The molecule has 0 aromatic heterocycles. The molecule has 0 spiro atoms. The minimum absolute atomic E-state index is 0.194. The van der Waals surface area contributed by atoms with Crippen LogP contribution in [-0.2, 0) is 16.1 Å². The number of nitrogens with one attached hydrogen (secondary N) is 2. The molecule has 0 radical (unpaired) electrons. The highest BCUT2D eigenvalue weighted by Crippen LogP contribution is 2.12. The summed E-state index contributed by atoms with van der Waals surface area (Å²) in [5.74, 6) is -1.48. The Morgan fingerprint density at radius 1 is 1.14 bits per heavy atom. The molecule has 0 aliphatic heterocycles. The van der Waals surface area contributed by atoms with Gasteiger partial charge in [-0.2, -0.15) is 0 Å². The van der Waals surface area contributed by atoms with Gasteiger partial charge in [-0.15, -0.1) is 0 Å². The Morgan fingerprint density at radius 3 is 2.14 bits per heavy atom. The Labute approximate surface area is 129 Å². The van der Waals surface area contributed by atoms with Crippen molar-refractivity contribution in [1.82, 2.24) is 10.6 Å². The van der Waals surface area contributed by atoms with Gasteiger partial charge in [0, 0.05) is 12.0 Å². The maximum absolute atomic E-state index is 11.9. The van der Waals surface area contributed by atoms with Crippen molar-refractivity contribution in [2.24, 2.45) is 5.41 Å². The number of carbonyl (C=O) groups excluding carboxylic acids is 2. The normalized spacial score (nSPS) is 12.4. The fourth-order valence-electron chi connectivity index (χ4n) is 1.59. The Hall–Kier alpha value is -2.37. The summed E-state index contributed by atoms with van der Waals surface area (Å²) in [6, 6.07) is 5.61. The molecule has 1 aromatic rings. The lowest BCUT2D eigenvalue weighted by atomic mass is 9.95. The molecule has 3 N–H and O–H groups in total. The van der Waals surface area contributed by atoms with Crippen LogP contribution in [0.5, 0.6) is 0 Å². The summed E-state index contributed by atoms with van der Waals surface area (Å²) >= 11 is 0. The van der Waals surface area contributed by atoms with Gasteiger partial charge in [0.1, 0.15) is 6.04 Å². The van der Waals surface area contributed by atoms with E-state index in [0.717, 1.165) is 5.56 Å². The van der Waals surface area contributed by atoms with Crippen LogP contribution in [0.15, 0.2) is 24.3 Å². The van der Waals surface area contributed by atoms with E-state index >= 15 is 0 Å². The number of hydrogen-bond acceptors (Lipinski definition) is 3. The predicted octanol–water partition coefficient (Wildman–Crippen LogP) is 1.55. The van der Waals surface area contributed by atoms with Crippen LogP contribution in [0.4, 0.5) is 0 Å². The van der Waals surface area contributed by atoms with Gasteiger partial charge in [-0.1, -0.05) is 32.9 Å². The fourth-order valence-corrected chi connectivity index (χ4v) is 1.59. The van der Waals surface area contributed by atoms with Gasteiger partial charge in [-0.3, -0.25) is 9.59 Å². The molecule has 1 atom stereocenters. The molecule has 1 unspecified atom stereocenters. The Kier molecular flexibility index (Phi) is 5.68. The van der Waals surface area contributed by atoms with E-state index in [1.54, 1.807) is 39.8 Å². The van der Waals surface area contributed by atoms with Gasteiger partial charge in [-0.05, 0) is 24.6 Å². The molecule has 6 heteroatoms. The average molecular weight is 306 g/mol. The van der Waals surface area contributed by atoms with E-state index < -0.39 is 17.4 Å². The van der Waals surface area contributed by atoms with Crippen LogP contribution >= 0.6 is 0 Å². The van der Waals surface area contributed by atoms with Gasteiger partial charge in [0.05, 0.1) is 5.56 Å². The lowest BCUT2D eigenvalue weighted by molar-refractivity contribution is -0.133.